The average molecular weight is 422 g/mol. The predicted molar refractivity (Wildman–Crippen MR) is 129 cm³/mol. The molecule has 2 saturated heterocycles. The molecule has 0 aromatic heterocycles. The smallest absolute Gasteiger partial charge is 0.155 e. The van der Waals surface area contributed by atoms with Crippen molar-refractivity contribution < 1.29 is 0 Å². The molecule has 5 nitrogen and oxygen atoms in total. The molecule has 0 spiro atoms. The van der Waals surface area contributed by atoms with Crippen molar-refractivity contribution in [3.8, 4) is 0 Å². The van der Waals surface area contributed by atoms with Crippen molar-refractivity contribution in [1.29, 1.82) is 0 Å². The first kappa shape index (κ1) is 20.8. The Morgan fingerprint density at radius 3 is 2.55 bits per heavy atom. The Morgan fingerprint density at radius 1 is 1.06 bits per heavy atom. The number of allylic oxidation sites excluding steroid dienone is 2. The topological polar surface area (TPSA) is 34.4 Å². The van der Waals surface area contributed by atoms with Gasteiger partial charge in [0.25, 0.3) is 0 Å². The van der Waals surface area contributed by atoms with Crippen LogP contribution in [-0.4, -0.2) is 57.6 Å². The summed E-state index contributed by atoms with van der Waals surface area (Å²) in [5, 5.41) is 0. The molecule has 1 aliphatic carbocycles. The molecular weight excluding hydrogens is 382 g/mol. The van der Waals surface area contributed by atoms with E-state index in [0.717, 1.165) is 38.8 Å². The first-order valence-corrected chi connectivity index (χ1v) is 12.8. The molecular formula is C26H39N5. The van der Waals surface area contributed by atoms with E-state index < -0.39 is 0 Å². The second-order valence-corrected chi connectivity index (χ2v) is 9.80. The molecule has 3 fully saturated rings. The van der Waals surface area contributed by atoms with E-state index in [-0.39, 0.29) is 0 Å². The lowest BCUT2D eigenvalue weighted by molar-refractivity contribution is 0.253. The van der Waals surface area contributed by atoms with Gasteiger partial charge in [0.15, 0.2) is 5.84 Å². The zero-order valence-corrected chi connectivity index (χ0v) is 19.7. The number of hydrogen-bond acceptors (Lipinski definition) is 5. The summed E-state index contributed by atoms with van der Waals surface area (Å²) in [7, 11) is 0. The van der Waals surface area contributed by atoms with Crippen molar-refractivity contribution >= 4 is 11.7 Å². The molecule has 0 aromatic rings. The molecule has 0 N–H and O–H groups in total. The lowest BCUT2D eigenvalue weighted by Gasteiger charge is -2.47. The van der Waals surface area contributed by atoms with Crippen LogP contribution in [0, 0.1) is 0 Å². The second-order valence-electron chi connectivity index (χ2n) is 9.80. The summed E-state index contributed by atoms with van der Waals surface area (Å²) in [5.74, 6) is 3.72. The van der Waals surface area contributed by atoms with Crippen LogP contribution < -0.4 is 0 Å². The Bertz CT molecular complexity index is 836. The quantitative estimate of drug-likeness (QED) is 0.607. The third kappa shape index (κ3) is 3.74. The number of amidine groups is 2. The summed E-state index contributed by atoms with van der Waals surface area (Å²) >= 11 is 0. The zero-order valence-electron chi connectivity index (χ0n) is 19.7. The van der Waals surface area contributed by atoms with E-state index in [1.54, 1.807) is 0 Å². The standard InChI is InChI=1S/C26H39N5/c1-4-20-14-15-23-26(28-24(20)29-16-8-9-17-29)31(21-12-6-7-13-21)22(5-2)25-27-19(3)11-10-18-30(23)25/h10,15,18-19,21-22H,4-9,11-14,16-17H2,1-3H3. The molecule has 4 heterocycles. The van der Waals surface area contributed by atoms with Crippen molar-refractivity contribution in [1.82, 2.24) is 14.7 Å². The Labute approximate surface area is 188 Å². The maximum atomic E-state index is 5.55. The number of hydrogen-bond donors (Lipinski definition) is 0. The van der Waals surface area contributed by atoms with E-state index in [1.807, 2.05) is 0 Å². The van der Waals surface area contributed by atoms with Gasteiger partial charge in [-0.1, -0.05) is 38.8 Å². The number of piperazine rings is 1. The van der Waals surface area contributed by atoms with E-state index in [4.69, 9.17) is 9.98 Å². The minimum atomic E-state index is 0.312. The zero-order chi connectivity index (χ0) is 21.4. The minimum absolute atomic E-state index is 0.312. The maximum Gasteiger partial charge on any atom is 0.155 e. The molecule has 168 valence electrons. The molecule has 0 amide bonds. The van der Waals surface area contributed by atoms with Gasteiger partial charge in [-0.15, -0.1) is 0 Å². The molecule has 0 radical (unpaired) electrons. The van der Waals surface area contributed by atoms with Gasteiger partial charge in [0.1, 0.15) is 11.7 Å². The first-order valence-electron chi connectivity index (χ1n) is 12.8. The van der Waals surface area contributed by atoms with Crippen LogP contribution in [0.5, 0.6) is 0 Å². The van der Waals surface area contributed by atoms with Crippen LogP contribution >= 0.6 is 0 Å². The lowest BCUT2D eigenvalue weighted by atomic mass is 10.00. The highest BCUT2D eigenvalue weighted by Gasteiger charge is 2.43. The number of likely N-dealkylation sites (tertiary alicyclic amines) is 1. The number of nitrogens with zero attached hydrogens (tertiary/aromatic N) is 5. The average Bonchev–Trinajstić information content (AvgIpc) is 3.42. The summed E-state index contributed by atoms with van der Waals surface area (Å²) in [5.41, 5.74) is 2.75. The molecule has 31 heavy (non-hydrogen) atoms. The Hall–Kier alpha value is -2.04. The van der Waals surface area contributed by atoms with E-state index in [2.05, 4.69) is 53.8 Å². The second kappa shape index (κ2) is 8.84. The van der Waals surface area contributed by atoms with Gasteiger partial charge >= 0.3 is 0 Å². The van der Waals surface area contributed by atoms with Crippen molar-refractivity contribution in [2.45, 2.75) is 103 Å². The summed E-state index contributed by atoms with van der Waals surface area (Å²) < 4.78 is 0. The predicted octanol–water partition coefficient (Wildman–Crippen LogP) is 5.43. The highest BCUT2D eigenvalue weighted by molar-refractivity contribution is 6.10. The molecule has 5 rings (SSSR count). The van der Waals surface area contributed by atoms with Crippen molar-refractivity contribution in [2.24, 2.45) is 9.98 Å². The normalized spacial score (nSPS) is 29.4. The van der Waals surface area contributed by atoms with Crippen LogP contribution in [0.3, 0.4) is 0 Å². The van der Waals surface area contributed by atoms with Crippen LogP contribution in [0.1, 0.15) is 85.0 Å². The minimum Gasteiger partial charge on any atom is -0.357 e. The first-order chi connectivity index (χ1) is 15.2. The Morgan fingerprint density at radius 2 is 1.84 bits per heavy atom. The van der Waals surface area contributed by atoms with Crippen LogP contribution in [0.4, 0.5) is 0 Å². The van der Waals surface area contributed by atoms with Crippen LogP contribution in [0.25, 0.3) is 0 Å². The molecule has 0 bridgehead atoms. The van der Waals surface area contributed by atoms with Gasteiger partial charge in [0, 0.05) is 25.3 Å². The summed E-state index contributed by atoms with van der Waals surface area (Å²) in [6, 6.07) is 1.24. The molecule has 5 heteroatoms. The van der Waals surface area contributed by atoms with Gasteiger partial charge in [-0.2, -0.15) is 0 Å². The van der Waals surface area contributed by atoms with Crippen LogP contribution in [0.15, 0.2) is 45.4 Å². The van der Waals surface area contributed by atoms with Crippen LogP contribution in [-0.2, 0) is 0 Å². The summed E-state index contributed by atoms with van der Waals surface area (Å²) in [6.45, 7) is 9.18. The molecule has 4 aliphatic heterocycles. The van der Waals surface area contributed by atoms with Gasteiger partial charge in [-0.05, 0) is 63.9 Å². The Kier molecular flexibility index (Phi) is 5.94. The summed E-state index contributed by atoms with van der Waals surface area (Å²) in [4.78, 5) is 18.4. The third-order valence-corrected chi connectivity index (χ3v) is 7.71. The van der Waals surface area contributed by atoms with Crippen molar-refractivity contribution in [3.63, 3.8) is 0 Å². The molecule has 2 atom stereocenters. The summed E-state index contributed by atoms with van der Waals surface area (Å²) in [6.07, 6.45) is 19.0. The number of rotatable bonds is 4. The van der Waals surface area contributed by atoms with E-state index in [1.165, 1.54) is 67.3 Å². The lowest BCUT2D eigenvalue weighted by Crippen LogP contribution is -2.59. The van der Waals surface area contributed by atoms with Crippen LogP contribution in [0.2, 0.25) is 0 Å². The number of aliphatic imine (C=N–C) groups is 2. The fraction of sp³-hybridized carbons (Fsp3) is 0.692. The van der Waals surface area contributed by atoms with Gasteiger partial charge in [-0.25, -0.2) is 4.99 Å². The van der Waals surface area contributed by atoms with E-state index in [0.29, 0.717) is 18.1 Å². The largest absolute Gasteiger partial charge is 0.357 e. The molecule has 5 aliphatic rings. The van der Waals surface area contributed by atoms with Crippen molar-refractivity contribution in [2.75, 3.05) is 13.1 Å². The molecule has 1 saturated carbocycles. The third-order valence-electron chi connectivity index (χ3n) is 7.71. The highest BCUT2D eigenvalue weighted by Crippen LogP contribution is 2.38. The van der Waals surface area contributed by atoms with Crippen molar-refractivity contribution in [3.05, 3.63) is 35.4 Å². The van der Waals surface area contributed by atoms with Gasteiger partial charge < -0.3 is 14.7 Å². The maximum absolute atomic E-state index is 5.55. The van der Waals surface area contributed by atoms with Gasteiger partial charge in [0.2, 0.25) is 0 Å². The van der Waals surface area contributed by atoms with E-state index in [9.17, 15) is 0 Å². The number of fused-ring (bicyclic) bond motifs is 3. The monoisotopic (exact) mass is 421 g/mol. The SMILES string of the molecule is CCC1=C(N2CCCC2)N=C2C(=CC1)N1C=CCC(C)N=C1C(CC)N2C1CCCC1. The van der Waals surface area contributed by atoms with Gasteiger partial charge in [-0.3, -0.25) is 4.99 Å². The van der Waals surface area contributed by atoms with Gasteiger partial charge in [0.05, 0.1) is 17.8 Å². The molecule has 0 aromatic carbocycles. The highest BCUT2D eigenvalue weighted by atomic mass is 15.4. The Balaban J connectivity index is 1.66. The van der Waals surface area contributed by atoms with E-state index >= 15 is 0 Å². The fourth-order valence-electron chi connectivity index (χ4n) is 6.05. The fourth-order valence-corrected chi connectivity index (χ4v) is 6.05. The molecule has 2 unspecified atom stereocenters.